The molecule has 0 bridgehead atoms. The standard InChI is InChI=1S/C16H26N2O2/c1-13-4-3-5-14(7-6-13)18-15-8-9-16(17-12-15)20-11-10-19-2/h8-9,12-14,18H,3-7,10-11H2,1-2H3. The van der Waals surface area contributed by atoms with Crippen LogP contribution in [0.3, 0.4) is 0 Å². The summed E-state index contributed by atoms with van der Waals surface area (Å²) in [7, 11) is 1.66. The first-order valence-electron chi connectivity index (χ1n) is 7.62. The molecule has 1 N–H and O–H groups in total. The Bertz CT molecular complexity index is 381. The van der Waals surface area contributed by atoms with E-state index in [0.717, 1.165) is 11.6 Å². The van der Waals surface area contributed by atoms with Crippen LogP contribution in [0.1, 0.15) is 39.0 Å². The molecule has 112 valence electrons. The van der Waals surface area contributed by atoms with Gasteiger partial charge >= 0.3 is 0 Å². The quantitative estimate of drug-likeness (QED) is 0.639. The molecule has 0 aliphatic heterocycles. The lowest BCUT2D eigenvalue weighted by Crippen LogP contribution is -2.18. The Morgan fingerprint density at radius 3 is 2.85 bits per heavy atom. The van der Waals surface area contributed by atoms with Crippen LogP contribution >= 0.6 is 0 Å². The molecule has 0 spiro atoms. The zero-order valence-corrected chi connectivity index (χ0v) is 12.6. The number of anilines is 1. The predicted molar refractivity (Wildman–Crippen MR) is 81.3 cm³/mol. The first kappa shape index (κ1) is 15.1. The van der Waals surface area contributed by atoms with Crippen molar-refractivity contribution in [3.63, 3.8) is 0 Å². The van der Waals surface area contributed by atoms with Crippen LogP contribution in [0.25, 0.3) is 0 Å². The average Bonchev–Trinajstić information content (AvgIpc) is 2.66. The second-order valence-electron chi connectivity index (χ2n) is 5.68. The molecule has 4 nitrogen and oxygen atoms in total. The van der Waals surface area contributed by atoms with Crippen molar-refractivity contribution in [1.82, 2.24) is 4.98 Å². The third-order valence-electron chi connectivity index (χ3n) is 3.90. The minimum atomic E-state index is 0.538. The van der Waals surface area contributed by atoms with Gasteiger partial charge in [-0.1, -0.05) is 19.8 Å². The molecule has 2 atom stereocenters. The summed E-state index contributed by atoms with van der Waals surface area (Å²) in [6.07, 6.45) is 8.39. The number of ether oxygens (including phenoxy) is 2. The van der Waals surface area contributed by atoms with E-state index in [4.69, 9.17) is 9.47 Å². The van der Waals surface area contributed by atoms with E-state index in [9.17, 15) is 0 Å². The summed E-state index contributed by atoms with van der Waals surface area (Å²) in [5.41, 5.74) is 1.09. The number of hydrogen-bond donors (Lipinski definition) is 1. The van der Waals surface area contributed by atoms with Gasteiger partial charge in [-0.05, 0) is 31.2 Å². The third kappa shape index (κ3) is 5.00. The second kappa shape index (κ2) is 8.10. The molecule has 4 heteroatoms. The summed E-state index contributed by atoms with van der Waals surface area (Å²) in [5.74, 6) is 1.53. The van der Waals surface area contributed by atoms with Crippen LogP contribution in [-0.4, -0.2) is 31.3 Å². The SMILES string of the molecule is COCCOc1ccc(NC2CCCC(C)CC2)cn1. The summed E-state index contributed by atoms with van der Waals surface area (Å²) in [5, 5.41) is 3.59. The molecule has 1 fully saturated rings. The molecule has 1 saturated carbocycles. The molecule has 0 aromatic carbocycles. The van der Waals surface area contributed by atoms with Gasteiger partial charge in [0.05, 0.1) is 18.5 Å². The van der Waals surface area contributed by atoms with E-state index in [2.05, 4.69) is 17.2 Å². The van der Waals surface area contributed by atoms with E-state index in [1.54, 1.807) is 7.11 Å². The van der Waals surface area contributed by atoms with Crippen LogP contribution in [0.5, 0.6) is 5.88 Å². The minimum absolute atomic E-state index is 0.538. The van der Waals surface area contributed by atoms with E-state index in [1.807, 2.05) is 18.3 Å². The van der Waals surface area contributed by atoms with E-state index >= 15 is 0 Å². The van der Waals surface area contributed by atoms with Gasteiger partial charge in [-0.3, -0.25) is 0 Å². The van der Waals surface area contributed by atoms with Crippen molar-refractivity contribution < 1.29 is 9.47 Å². The highest BCUT2D eigenvalue weighted by Crippen LogP contribution is 2.25. The molecule has 1 aromatic heterocycles. The summed E-state index contributed by atoms with van der Waals surface area (Å²) in [4.78, 5) is 4.31. The first-order valence-corrected chi connectivity index (χ1v) is 7.62. The minimum Gasteiger partial charge on any atom is -0.475 e. The maximum absolute atomic E-state index is 5.46. The summed E-state index contributed by atoms with van der Waals surface area (Å²) in [6, 6.07) is 4.54. The normalized spacial score (nSPS) is 23.1. The lowest BCUT2D eigenvalue weighted by atomic mass is 10.0. The Kier molecular flexibility index (Phi) is 6.12. The largest absolute Gasteiger partial charge is 0.475 e. The summed E-state index contributed by atoms with van der Waals surface area (Å²) < 4.78 is 10.4. The zero-order chi connectivity index (χ0) is 14.2. The van der Waals surface area contributed by atoms with Gasteiger partial charge in [-0.15, -0.1) is 0 Å². The Labute approximate surface area is 121 Å². The van der Waals surface area contributed by atoms with Crippen molar-refractivity contribution >= 4 is 5.69 Å². The van der Waals surface area contributed by atoms with Gasteiger partial charge in [-0.2, -0.15) is 0 Å². The van der Waals surface area contributed by atoms with Crippen molar-refractivity contribution in [2.45, 2.75) is 45.1 Å². The van der Waals surface area contributed by atoms with Crippen molar-refractivity contribution in [3.05, 3.63) is 18.3 Å². The highest BCUT2D eigenvalue weighted by Gasteiger charge is 2.15. The van der Waals surface area contributed by atoms with Gasteiger partial charge in [-0.25, -0.2) is 4.98 Å². The van der Waals surface area contributed by atoms with Gasteiger partial charge in [0.15, 0.2) is 0 Å². The van der Waals surface area contributed by atoms with Gasteiger partial charge in [0.25, 0.3) is 0 Å². The first-order chi connectivity index (χ1) is 9.78. The highest BCUT2D eigenvalue weighted by molar-refractivity contribution is 5.43. The molecule has 1 aliphatic carbocycles. The molecular weight excluding hydrogens is 252 g/mol. The fourth-order valence-corrected chi connectivity index (χ4v) is 2.65. The number of rotatable bonds is 6. The second-order valence-corrected chi connectivity index (χ2v) is 5.68. The molecule has 1 heterocycles. The molecule has 0 amide bonds. The fraction of sp³-hybridized carbons (Fsp3) is 0.688. The molecule has 2 rings (SSSR count). The lowest BCUT2D eigenvalue weighted by molar-refractivity contribution is 0.144. The molecule has 0 radical (unpaired) electrons. The third-order valence-corrected chi connectivity index (χ3v) is 3.90. The van der Waals surface area contributed by atoms with Crippen LogP contribution in [-0.2, 0) is 4.74 Å². The Morgan fingerprint density at radius 1 is 1.20 bits per heavy atom. The summed E-state index contributed by atoms with van der Waals surface area (Å²) >= 11 is 0. The lowest BCUT2D eigenvalue weighted by Gasteiger charge is -2.17. The van der Waals surface area contributed by atoms with Crippen LogP contribution in [0.15, 0.2) is 18.3 Å². The number of hydrogen-bond acceptors (Lipinski definition) is 4. The van der Waals surface area contributed by atoms with Crippen molar-refractivity contribution in [2.24, 2.45) is 5.92 Å². The number of nitrogens with zero attached hydrogens (tertiary/aromatic N) is 1. The molecule has 2 unspecified atom stereocenters. The fourth-order valence-electron chi connectivity index (χ4n) is 2.65. The van der Waals surface area contributed by atoms with Crippen molar-refractivity contribution in [2.75, 3.05) is 25.6 Å². The molecular formula is C16H26N2O2. The Hall–Kier alpha value is -1.29. The van der Waals surface area contributed by atoms with Crippen LogP contribution in [0.4, 0.5) is 5.69 Å². The number of pyridine rings is 1. The Morgan fingerprint density at radius 2 is 2.10 bits per heavy atom. The van der Waals surface area contributed by atoms with Crippen LogP contribution in [0, 0.1) is 5.92 Å². The number of nitrogens with one attached hydrogen (secondary N) is 1. The number of methoxy groups -OCH3 is 1. The van der Waals surface area contributed by atoms with Crippen molar-refractivity contribution in [3.8, 4) is 5.88 Å². The number of aromatic nitrogens is 1. The molecule has 1 aromatic rings. The van der Waals surface area contributed by atoms with Crippen molar-refractivity contribution in [1.29, 1.82) is 0 Å². The van der Waals surface area contributed by atoms with E-state index in [0.29, 0.717) is 25.1 Å². The summed E-state index contributed by atoms with van der Waals surface area (Å²) in [6.45, 7) is 3.48. The maximum atomic E-state index is 5.46. The highest BCUT2D eigenvalue weighted by atomic mass is 16.5. The monoisotopic (exact) mass is 278 g/mol. The van der Waals surface area contributed by atoms with Gasteiger partial charge in [0, 0.05) is 19.2 Å². The van der Waals surface area contributed by atoms with Crippen LogP contribution < -0.4 is 10.1 Å². The topological polar surface area (TPSA) is 43.4 Å². The smallest absolute Gasteiger partial charge is 0.213 e. The maximum Gasteiger partial charge on any atom is 0.213 e. The van der Waals surface area contributed by atoms with Gasteiger partial charge < -0.3 is 14.8 Å². The average molecular weight is 278 g/mol. The predicted octanol–water partition coefficient (Wildman–Crippen LogP) is 3.49. The Balaban J connectivity index is 1.80. The molecule has 20 heavy (non-hydrogen) atoms. The van der Waals surface area contributed by atoms with E-state index < -0.39 is 0 Å². The van der Waals surface area contributed by atoms with Gasteiger partial charge in [0.2, 0.25) is 5.88 Å². The molecule has 0 saturated heterocycles. The van der Waals surface area contributed by atoms with E-state index in [1.165, 1.54) is 32.1 Å². The van der Waals surface area contributed by atoms with Crippen LogP contribution in [0.2, 0.25) is 0 Å². The molecule has 1 aliphatic rings. The zero-order valence-electron chi connectivity index (χ0n) is 12.6. The van der Waals surface area contributed by atoms with E-state index in [-0.39, 0.29) is 0 Å². The van der Waals surface area contributed by atoms with Gasteiger partial charge in [0.1, 0.15) is 6.61 Å².